The Hall–Kier alpha value is -2.67. The zero-order chi connectivity index (χ0) is 24.9. The molecule has 0 bridgehead atoms. The molecule has 1 aromatic carbocycles. The van der Waals surface area contributed by atoms with E-state index in [4.69, 9.17) is 10.1 Å². The SMILES string of the molecule is CC[C@H](C)[C@@H](CCC(=O)O)NC(=O)c1ccc2c(c1)nc(Cc1cccs1)n2C1CCCC[C@H]1C. The van der Waals surface area contributed by atoms with E-state index in [-0.39, 0.29) is 24.3 Å². The first kappa shape index (κ1) is 25.4. The molecule has 0 radical (unpaired) electrons. The van der Waals surface area contributed by atoms with Crippen molar-refractivity contribution >= 4 is 34.2 Å². The summed E-state index contributed by atoms with van der Waals surface area (Å²) in [4.78, 5) is 30.6. The lowest BCUT2D eigenvalue weighted by Gasteiger charge is -2.31. The van der Waals surface area contributed by atoms with Crippen LogP contribution in [-0.4, -0.2) is 32.6 Å². The van der Waals surface area contributed by atoms with Crippen LogP contribution in [0.4, 0.5) is 0 Å². The van der Waals surface area contributed by atoms with Gasteiger partial charge in [-0.15, -0.1) is 11.3 Å². The number of aliphatic carboxylic acids is 1. The minimum Gasteiger partial charge on any atom is -0.481 e. The van der Waals surface area contributed by atoms with Crippen molar-refractivity contribution in [3.05, 3.63) is 52.0 Å². The predicted molar refractivity (Wildman–Crippen MR) is 141 cm³/mol. The number of benzene rings is 1. The lowest BCUT2D eigenvalue weighted by atomic mass is 9.85. The number of carboxylic acid groups (broad SMARTS) is 1. The number of nitrogens with zero attached hydrogens (tertiary/aromatic N) is 2. The van der Waals surface area contributed by atoms with E-state index < -0.39 is 5.97 Å². The van der Waals surface area contributed by atoms with Crippen molar-refractivity contribution in [3.8, 4) is 0 Å². The van der Waals surface area contributed by atoms with Crippen LogP contribution in [0.1, 0.15) is 92.8 Å². The molecule has 6 nitrogen and oxygen atoms in total. The van der Waals surface area contributed by atoms with Crippen LogP contribution in [0, 0.1) is 11.8 Å². The fourth-order valence-corrected chi connectivity index (χ4v) is 6.05. The Morgan fingerprint density at radius 2 is 2.06 bits per heavy atom. The molecule has 2 aromatic heterocycles. The molecule has 1 aliphatic carbocycles. The van der Waals surface area contributed by atoms with E-state index in [0.29, 0.717) is 23.9 Å². The topological polar surface area (TPSA) is 84.2 Å². The van der Waals surface area contributed by atoms with Gasteiger partial charge < -0.3 is 15.0 Å². The van der Waals surface area contributed by atoms with Gasteiger partial charge in [0, 0.05) is 35.4 Å². The molecule has 2 N–H and O–H groups in total. The molecular formula is C28H37N3O3S. The van der Waals surface area contributed by atoms with Crippen molar-refractivity contribution < 1.29 is 14.7 Å². The zero-order valence-corrected chi connectivity index (χ0v) is 21.8. The van der Waals surface area contributed by atoms with Crippen LogP contribution >= 0.6 is 11.3 Å². The lowest BCUT2D eigenvalue weighted by Crippen LogP contribution is -2.39. The van der Waals surface area contributed by atoms with Gasteiger partial charge in [-0.2, -0.15) is 0 Å². The monoisotopic (exact) mass is 495 g/mol. The fraction of sp³-hybridized carbons (Fsp3) is 0.536. The second-order valence-electron chi connectivity index (χ2n) is 10.1. The highest BCUT2D eigenvalue weighted by Gasteiger charge is 2.28. The third kappa shape index (κ3) is 5.95. The summed E-state index contributed by atoms with van der Waals surface area (Å²) in [7, 11) is 0. The Morgan fingerprint density at radius 1 is 1.26 bits per heavy atom. The van der Waals surface area contributed by atoms with Crippen molar-refractivity contribution in [3.63, 3.8) is 0 Å². The normalized spacial score (nSPS) is 20.0. The van der Waals surface area contributed by atoms with Crippen molar-refractivity contribution in [2.45, 2.75) is 84.2 Å². The molecule has 0 spiro atoms. The smallest absolute Gasteiger partial charge is 0.303 e. The molecule has 7 heteroatoms. The van der Waals surface area contributed by atoms with Crippen LogP contribution in [-0.2, 0) is 11.2 Å². The number of aromatic nitrogens is 2. The lowest BCUT2D eigenvalue weighted by molar-refractivity contribution is -0.137. The average molecular weight is 496 g/mol. The Morgan fingerprint density at radius 3 is 2.74 bits per heavy atom. The maximum atomic E-state index is 13.2. The Bertz CT molecular complexity index is 1150. The number of amides is 1. The maximum absolute atomic E-state index is 13.2. The number of imidazole rings is 1. The van der Waals surface area contributed by atoms with Crippen LogP contribution in [0.2, 0.25) is 0 Å². The van der Waals surface area contributed by atoms with Crippen LogP contribution in [0.3, 0.4) is 0 Å². The summed E-state index contributed by atoms with van der Waals surface area (Å²) in [5, 5.41) is 14.3. The molecule has 35 heavy (non-hydrogen) atoms. The first-order valence-corrected chi connectivity index (χ1v) is 13.8. The van der Waals surface area contributed by atoms with Crippen molar-refractivity contribution in [1.82, 2.24) is 14.9 Å². The summed E-state index contributed by atoms with van der Waals surface area (Å²) in [6.07, 6.45) is 7.06. The Kier molecular flexibility index (Phi) is 8.26. The first-order valence-electron chi connectivity index (χ1n) is 12.9. The molecular weight excluding hydrogens is 458 g/mol. The molecule has 188 valence electrons. The van der Waals surface area contributed by atoms with Crippen LogP contribution in [0.25, 0.3) is 11.0 Å². The van der Waals surface area contributed by atoms with Crippen LogP contribution in [0.5, 0.6) is 0 Å². The van der Waals surface area contributed by atoms with Gasteiger partial charge in [-0.05, 0) is 60.7 Å². The third-order valence-corrected chi connectivity index (χ3v) is 8.53. The number of carbonyl (C=O) groups excluding carboxylic acids is 1. The van der Waals surface area contributed by atoms with Gasteiger partial charge >= 0.3 is 5.97 Å². The molecule has 2 heterocycles. The molecule has 4 rings (SSSR count). The largest absolute Gasteiger partial charge is 0.481 e. The fourth-order valence-electron chi connectivity index (χ4n) is 5.35. The minimum absolute atomic E-state index is 0.0460. The molecule has 1 saturated carbocycles. The summed E-state index contributed by atoms with van der Waals surface area (Å²) in [6, 6.07) is 10.3. The van der Waals surface area contributed by atoms with Crippen molar-refractivity contribution in [1.29, 1.82) is 0 Å². The predicted octanol–water partition coefficient (Wildman–Crippen LogP) is 6.45. The molecule has 1 unspecified atom stereocenters. The number of hydrogen-bond acceptors (Lipinski definition) is 4. The highest BCUT2D eigenvalue weighted by Crippen LogP contribution is 2.37. The van der Waals surface area contributed by atoms with Crippen molar-refractivity contribution in [2.24, 2.45) is 11.8 Å². The number of carboxylic acids is 1. The summed E-state index contributed by atoms with van der Waals surface area (Å²) in [5.74, 6) is 0.860. The minimum atomic E-state index is -0.838. The van der Waals surface area contributed by atoms with E-state index in [0.717, 1.165) is 36.1 Å². The molecule has 1 fully saturated rings. The quantitative estimate of drug-likeness (QED) is 0.338. The number of fused-ring (bicyclic) bond motifs is 1. The van der Waals surface area contributed by atoms with Gasteiger partial charge in [0.15, 0.2) is 0 Å². The van der Waals surface area contributed by atoms with Gasteiger partial charge in [0.05, 0.1) is 11.0 Å². The summed E-state index contributed by atoms with van der Waals surface area (Å²) < 4.78 is 2.44. The van der Waals surface area contributed by atoms with Gasteiger partial charge in [-0.3, -0.25) is 9.59 Å². The van der Waals surface area contributed by atoms with Gasteiger partial charge in [0.2, 0.25) is 0 Å². The highest BCUT2D eigenvalue weighted by molar-refractivity contribution is 7.09. The zero-order valence-electron chi connectivity index (χ0n) is 21.0. The van der Waals surface area contributed by atoms with Crippen LogP contribution in [0.15, 0.2) is 35.7 Å². The standard InChI is InChI=1S/C28H37N3O3S/c1-4-18(2)22(12-14-27(32)33)30-28(34)20-11-13-25-23(16-20)29-26(17-21-9-7-15-35-21)31(25)24-10-6-5-8-19(24)3/h7,9,11,13,15-16,18-19,22,24H,4-6,8,10,12,14,17H2,1-3H3,(H,30,34)(H,32,33)/t18-,19+,22+,24?/m0/s1. The second-order valence-corrected chi connectivity index (χ2v) is 11.1. The van der Waals surface area contributed by atoms with Gasteiger partial charge in [0.25, 0.3) is 5.91 Å². The number of rotatable bonds is 10. The number of hydrogen-bond donors (Lipinski definition) is 2. The maximum Gasteiger partial charge on any atom is 0.303 e. The summed E-state index contributed by atoms with van der Waals surface area (Å²) >= 11 is 1.75. The van der Waals surface area contributed by atoms with E-state index in [1.807, 2.05) is 18.2 Å². The highest BCUT2D eigenvalue weighted by atomic mass is 32.1. The molecule has 1 aliphatic rings. The third-order valence-electron chi connectivity index (χ3n) is 7.65. The van der Waals surface area contributed by atoms with E-state index in [1.54, 1.807) is 11.3 Å². The number of carbonyl (C=O) groups is 2. The van der Waals surface area contributed by atoms with Crippen LogP contribution < -0.4 is 5.32 Å². The van der Waals surface area contributed by atoms with Gasteiger partial charge in [0.1, 0.15) is 5.82 Å². The van der Waals surface area contributed by atoms with E-state index in [9.17, 15) is 9.59 Å². The van der Waals surface area contributed by atoms with E-state index >= 15 is 0 Å². The number of nitrogens with one attached hydrogen (secondary N) is 1. The Balaban J connectivity index is 1.64. The van der Waals surface area contributed by atoms with E-state index in [1.165, 1.54) is 24.1 Å². The molecule has 0 aliphatic heterocycles. The van der Waals surface area contributed by atoms with Crippen molar-refractivity contribution in [2.75, 3.05) is 0 Å². The summed E-state index contributed by atoms with van der Waals surface area (Å²) in [5.41, 5.74) is 2.52. The molecule has 3 aromatic rings. The van der Waals surface area contributed by atoms with Gasteiger partial charge in [-0.25, -0.2) is 4.98 Å². The number of thiophene rings is 1. The first-order chi connectivity index (χ1) is 16.9. The van der Waals surface area contributed by atoms with E-state index in [2.05, 4.69) is 48.2 Å². The Labute approximate surface area is 211 Å². The second kappa shape index (κ2) is 11.4. The molecule has 4 atom stereocenters. The summed E-state index contributed by atoms with van der Waals surface area (Å²) in [6.45, 7) is 6.46. The molecule has 1 amide bonds. The average Bonchev–Trinajstić information content (AvgIpc) is 3.48. The molecule has 0 saturated heterocycles. The van der Waals surface area contributed by atoms with Gasteiger partial charge in [-0.1, -0.05) is 46.1 Å².